The number of amides is 4. The molecule has 308 valence electrons. The Kier molecular flexibility index (Phi) is 11.9. The molecule has 2 aliphatic rings. The van der Waals surface area contributed by atoms with Gasteiger partial charge >= 0.3 is 12.2 Å². The van der Waals surface area contributed by atoms with E-state index in [9.17, 15) is 19.2 Å². The van der Waals surface area contributed by atoms with Gasteiger partial charge in [0.15, 0.2) is 0 Å². The zero-order valence-electron chi connectivity index (χ0n) is 34.5. The zero-order chi connectivity index (χ0) is 42.0. The molecule has 14 heteroatoms. The van der Waals surface area contributed by atoms with E-state index in [1.165, 1.54) is 14.2 Å². The highest BCUT2D eigenvalue weighted by Crippen LogP contribution is 2.35. The highest BCUT2D eigenvalue weighted by molar-refractivity contribution is 5.91. The van der Waals surface area contributed by atoms with Gasteiger partial charge in [-0.25, -0.2) is 19.6 Å². The van der Waals surface area contributed by atoms with Gasteiger partial charge in [0, 0.05) is 18.7 Å². The fraction of sp³-hybridized carbons (Fsp3) is 0.378. The first-order chi connectivity index (χ1) is 28.3. The third-order valence-electron chi connectivity index (χ3n) is 11.3. The Balaban J connectivity index is 1.04. The van der Waals surface area contributed by atoms with Crippen molar-refractivity contribution in [3.63, 3.8) is 0 Å². The molecule has 0 aliphatic carbocycles. The number of ether oxygens (including phenoxy) is 2. The van der Waals surface area contributed by atoms with Gasteiger partial charge in [0.25, 0.3) is 0 Å². The number of likely N-dealkylation sites (tertiary alicyclic amines) is 1. The number of rotatable bonds is 11. The maximum atomic E-state index is 13.7. The lowest BCUT2D eigenvalue weighted by molar-refractivity contribution is -0.136. The van der Waals surface area contributed by atoms with Gasteiger partial charge in [-0.2, -0.15) is 0 Å². The third kappa shape index (κ3) is 8.57. The Morgan fingerprint density at radius 3 is 1.81 bits per heavy atom. The summed E-state index contributed by atoms with van der Waals surface area (Å²) in [5, 5.41) is 7.56. The van der Waals surface area contributed by atoms with Gasteiger partial charge in [0.2, 0.25) is 11.8 Å². The van der Waals surface area contributed by atoms with Gasteiger partial charge in [-0.15, -0.1) is 0 Å². The minimum Gasteiger partial charge on any atom is -0.453 e. The number of alkyl carbamates (subject to hydrolysis) is 2. The van der Waals surface area contributed by atoms with Crippen LogP contribution in [0.1, 0.15) is 71.2 Å². The van der Waals surface area contributed by atoms with Crippen LogP contribution in [0.3, 0.4) is 0 Å². The minimum absolute atomic E-state index is 0.106. The highest BCUT2D eigenvalue weighted by atomic mass is 16.5. The molecule has 4 N–H and O–H groups in total. The van der Waals surface area contributed by atoms with E-state index in [0.29, 0.717) is 18.9 Å². The number of methoxy groups -OCH3 is 2. The molecule has 5 aromatic rings. The number of imidazole rings is 2. The Labute approximate surface area is 343 Å². The van der Waals surface area contributed by atoms with Crippen LogP contribution >= 0.6 is 0 Å². The van der Waals surface area contributed by atoms with Crippen LogP contribution in [0, 0.1) is 11.8 Å². The number of hydrogen-bond acceptors (Lipinski definition) is 8. The summed E-state index contributed by atoms with van der Waals surface area (Å²) in [7, 11) is 2.57. The van der Waals surface area contributed by atoms with Crippen molar-refractivity contribution in [1.82, 2.24) is 40.4 Å². The van der Waals surface area contributed by atoms with Gasteiger partial charge in [-0.05, 0) is 71.2 Å². The van der Waals surface area contributed by atoms with Crippen LogP contribution in [0.25, 0.3) is 44.4 Å². The number of nitrogens with zero attached hydrogens (tertiary/aromatic N) is 4. The lowest BCUT2D eigenvalue weighted by atomic mass is 9.98. The van der Waals surface area contributed by atoms with Gasteiger partial charge in [0.1, 0.15) is 29.8 Å². The number of hydrogen-bond donors (Lipinski definition) is 4. The monoisotopic (exact) mass is 800 g/mol. The normalized spacial score (nSPS) is 17.6. The molecule has 1 fully saturated rings. The first-order valence-corrected chi connectivity index (χ1v) is 20.1. The summed E-state index contributed by atoms with van der Waals surface area (Å²) >= 11 is 0. The van der Waals surface area contributed by atoms with Crippen LogP contribution in [0.4, 0.5) is 9.59 Å². The second-order valence-corrected chi connectivity index (χ2v) is 16.0. The summed E-state index contributed by atoms with van der Waals surface area (Å²) in [5.74, 6) is 0.798. The van der Waals surface area contributed by atoms with Gasteiger partial charge in [-0.3, -0.25) is 9.59 Å². The van der Waals surface area contributed by atoms with Crippen molar-refractivity contribution >= 4 is 34.8 Å². The molecule has 1 saturated heterocycles. The zero-order valence-corrected chi connectivity index (χ0v) is 34.5. The second-order valence-electron chi connectivity index (χ2n) is 16.0. The third-order valence-corrected chi connectivity index (χ3v) is 11.3. The molecule has 14 nitrogen and oxygen atoms in total. The summed E-state index contributed by atoms with van der Waals surface area (Å²) < 4.78 is 9.54. The molecule has 4 heterocycles. The van der Waals surface area contributed by atoms with Crippen molar-refractivity contribution in [1.29, 1.82) is 0 Å². The molecule has 7 rings (SSSR count). The molecular formula is C45H52N8O6. The van der Waals surface area contributed by atoms with E-state index in [1.54, 1.807) is 11.1 Å². The maximum absolute atomic E-state index is 13.7. The van der Waals surface area contributed by atoms with E-state index in [-0.39, 0.29) is 29.7 Å². The van der Waals surface area contributed by atoms with Gasteiger partial charge in [-0.1, -0.05) is 87.9 Å². The smallest absolute Gasteiger partial charge is 0.407 e. The number of carbonyl (C=O) groups is 4. The first-order valence-electron chi connectivity index (χ1n) is 20.1. The lowest BCUT2D eigenvalue weighted by Gasteiger charge is -2.30. The average Bonchev–Trinajstić information content (AvgIpc) is 4.08. The second kappa shape index (κ2) is 17.2. The van der Waals surface area contributed by atoms with Crippen LogP contribution in [0.5, 0.6) is 0 Å². The number of H-pyrrole nitrogens is 2. The van der Waals surface area contributed by atoms with E-state index < -0.39 is 30.3 Å². The van der Waals surface area contributed by atoms with Crippen molar-refractivity contribution < 1.29 is 28.7 Å². The fourth-order valence-electron chi connectivity index (χ4n) is 8.01. The van der Waals surface area contributed by atoms with Gasteiger partial charge < -0.3 is 39.9 Å². The quantitative estimate of drug-likeness (QED) is 0.0992. The average molecular weight is 801 g/mol. The SMILES string of the molecule is COC(=O)N[C@H](C(=O)N1CC(C)=C[C@H]1c1ncc(-c2ccc3cc(-c4ccc(-c5cnc([C@@H]6CCCN6C(=O)[C@@H](NC(=O)OC)C(C)C)[nH]5)cc4)ccc3c2)[nH]1)C(C)C. The Bertz CT molecular complexity index is 2380. The standard InChI is InChI=1S/C45H52N8O6/c1-25(2)38(50-44(56)58-6)42(54)52-18-8-9-36(52)40-46-22-34(48-40)29-12-10-28(11-13-29)30-14-15-32-21-33(17-16-31(32)20-30)35-23-47-41(49-35)37-19-27(5)24-53(37)43(55)39(26(3)4)51-45(57)59-7/h10-17,19-23,25-26,36-39H,8-9,18,24H2,1-7H3,(H,46,48)(H,47,49)(H,50,56)(H,51,57)/t36-,37-,38-,39-/m0/s1. The number of aromatic nitrogens is 4. The first kappa shape index (κ1) is 40.7. The molecule has 59 heavy (non-hydrogen) atoms. The Morgan fingerprint density at radius 1 is 0.695 bits per heavy atom. The van der Waals surface area contributed by atoms with Crippen LogP contribution in [-0.4, -0.2) is 93.1 Å². The van der Waals surface area contributed by atoms with Crippen LogP contribution in [0.15, 0.2) is 84.7 Å². The summed E-state index contributed by atoms with van der Waals surface area (Å²) in [6, 6.07) is 19.0. The largest absolute Gasteiger partial charge is 0.453 e. The van der Waals surface area contributed by atoms with Crippen molar-refractivity contribution in [3.8, 4) is 33.6 Å². The molecule has 2 aromatic heterocycles. The lowest BCUT2D eigenvalue weighted by Crippen LogP contribution is -2.51. The Morgan fingerprint density at radius 2 is 1.20 bits per heavy atom. The number of aromatic amines is 2. The molecule has 0 radical (unpaired) electrons. The number of nitrogens with one attached hydrogen (secondary N) is 4. The Hall–Kier alpha value is -6.44. The number of carbonyl (C=O) groups excluding carboxylic acids is 4. The van der Waals surface area contributed by atoms with E-state index in [1.807, 2.05) is 51.8 Å². The minimum atomic E-state index is -0.733. The van der Waals surface area contributed by atoms with E-state index in [2.05, 4.69) is 86.2 Å². The predicted octanol–water partition coefficient (Wildman–Crippen LogP) is 7.54. The van der Waals surface area contributed by atoms with Crippen LogP contribution in [0.2, 0.25) is 0 Å². The molecular weight excluding hydrogens is 749 g/mol. The van der Waals surface area contributed by atoms with Crippen molar-refractivity contribution in [3.05, 3.63) is 96.4 Å². The topological polar surface area (TPSA) is 175 Å². The summed E-state index contributed by atoms with van der Waals surface area (Å²) in [5.41, 5.74) is 6.85. The molecule has 0 spiro atoms. The number of fused-ring (bicyclic) bond motifs is 1. The van der Waals surface area contributed by atoms with Crippen LogP contribution in [-0.2, 0) is 19.1 Å². The van der Waals surface area contributed by atoms with Crippen molar-refractivity contribution in [2.45, 2.75) is 71.6 Å². The molecule has 3 aromatic carbocycles. The molecule has 4 atom stereocenters. The highest BCUT2D eigenvalue weighted by Gasteiger charge is 2.38. The van der Waals surface area contributed by atoms with E-state index >= 15 is 0 Å². The van der Waals surface area contributed by atoms with E-state index in [0.717, 1.165) is 68.7 Å². The predicted molar refractivity (Wildman–Crippen MR) is 225 cm³/mol. The van der Waals surface area contributed by atoms with E-state index in [4.69, 9.17) is 14.5 Å². The molecule has 0 unspecified atom stereocenters. The van der Waals surface area contributed by atoms with Crippen LogP contribution < -0.4 is 10.6 Å². The maximum Gasteiger partial charge on any atom is 0.407 e. The van der Waals surface area contributed by atoms with Crippen molar-refractivity contribution in [2.75, 3.05) is 27.3 Å². The van der Waals surface area contributed by atoms with Crippen molar-refractivity contribution in [2.24, 2.45) is 11.8 Å². The molecule has 0 saturated carbocycles. The van der Waals surface area contributed by atoms with Gasteiger partial charge in [0.05, 0.1) is 44.0 Å². The molecule has 4 amide bonds. The number of benzene rings is 3. The summed E-state index contributed by atoms with van der Waals surface area (Å²) in [4.78, 5) is 71.1. The summed E-state index contributed by atoms with van der Waals surface area (Å²) in [6.07, 6.45) is 5.99. The fourth-order valence-corrected chi connectivity index (χ4v) is 8.01. The molecule has 0 bridgehead atoms. The molecule has 2 aliphatic heterocycles. The summed E-state index contributed by atoms with van der Waals surface area (Å²) in [6.45, 7) is 10.6.